The van der Waals surface area contributed by atoms with E-state index >= 15 is 0 Å². The van der Waals surface area contributed by atoms with Crippen molar-refractivity contribution in [2.24, 2.45) is 0 Å². The molecule has 0 aliphatic rings. The first kappa shape index (κ1) is 9.15. The van der Waals surface area contributed by atoms with E-state index in [0.717, 1.165) is 17.4 Å². The Hall–Kier alpha value is -1.42. The highest BCUT2D eigenvalue weighted by atomic mass is 32.1. The first-order valence-corrected chi connectivity index (χ1v) is 4.75. The lowest BCUT2D eigenvalue weighted by Crippen LogP contribution is -1.98. The van der Waals surface area contributed by atoms with Gasteiger partial charge in [-0.15, -0.1) is 12.6 Å². The van der Waals surface area contributed by atoms with Crippen LogP contribution in [0.15, 0.2) is 41.8 Å². The summed E-state index contributed by atoms with van der Waals surface area (Å²) in [7, 11) is 0. The molecule has 2 N–H and O–H groups in total. The molecule has 0 aliphatic heterocycles. The fraction of sp³-hybridized carbons (Fsp3) is 0.100. The van der Waals surface area contributed by atoms with Gasteiger partial charge in [0.2, 0.25) is 0 Å². The summed E-state index contributed by atoms with van der Waals surface area (Å²) in [6.45, 7) is 0.777. The molecule has 0 radical (unpaired) electrons. The van der Waals surface area contributed by atoms with Gasteiger partial charge >= 0.3 is 0 Å². The van der Waals surface area contributed by atoms with Gasteiger partial charge in [0.25, 0.3) is 0 Å². The third-order valence-electron chi connectivity index (χ3n) is 2.03. The summed E-state index contributed by atoms with van der Waals surface area (Å²) < 4.78 is 1.97. The fourth-order valence-electron chi connectivity index (χ4n) is 1.26. The van der Waals surface area contributed by atoms with E-state index in [0.29, 0.717) is 0 Å². The van der Waals surface area contributed by atoms with Gasteiger partial charge in [0, 0.05) is 24.6 Å². The number of nitrogens with zero attached hydrogens (tertiary/aromatic N) is 2. The molecule has 1 heterocycles. The summed E-state index contributed by atoms with van der Waals surface area (Å²) in [5, 5.41) is 0.724. The van der Waals surface area contributed by atoms with E-state index in [4.69, 9.17) is 5.73 Å². The maximum atomic E-state index is 5.60. The molecule has 14 heavy (non-hydrogen) atoms. The van der Waals surface area contributed by atoms with Crippen molar-refractivity contribution in [3.8, 4) is 0 Å². The van der Waals surface area contributed by atoms with Crippen LogP contribution in [0.3, 0.4) is 0 Å². The zero-order valence-electron chi connectivity index (χ0n) is 7.59. The summed E-state index contributed by atoms with van der Waals surface area (Å²) in [4.78, 5) is 4.03. The number of anilines is 1. The third kappa shape index (κ3) is 1.90. The van der Waals surface area contributed by atoms with Crippen molar-refractivity contribution < 1.29 is 0 Å². The minimum atomic E-state index is 0.724. The van der Waals surface area contributed by atoms with Crippen LogP contribution in [0, 0.1) is 0 Å². The van der Waals surface area contributed by atoms with Crippen molar-refractivity contribution in [3.05, 3.63) is 42.2 Å². The van der Waals surface area contributed by atoms with Crippen LogP contribution in [-0.2, 0) is 6.54 Å². The van der Waals surface area contributed by atoms with E-state index in [1.165, 1.54) is 5.56 Å². The van der Waals surface area contributed by atoms with Gasteiger partial charge in [-0.3, -0.25) is 0 Å². The molecule has 1 aromatic carbocycles. The SMILES string of the molecule is Nc1ccc(Cn2ccnc2S)cc1. The van der Waals surface area contributed by atoms with Crippen molar-refractivity contribution >= 4 is 18.3 Å². The first-order valence-electron chi connectivity index (χ1n) is 4.30. The highest BCUT2D eigenvalue weighted by Crippen LogP contribution is 2.10. The van der Waals surface area contributed by atoms with Gasteiger partial charge in [0.15, 0.2) is 5.16 Å². The maximum absolute atomic E-state index is 5.60. The zero-order chi connectivity index (χ0) is 9.97. The molecule has 0 aliphatic carbocycles. The van der Waals surface area contributed by atoms with Crippen LogP contribution in [0.25, 0.3) is 0 Å². The summed E-state index contributed by atoms with van der Waals surface area (Å²) in [5.41, 5.74) is 7.57. The average molecular weight is 205 g/mol. The van der Waals surface area contributed by atoms with Gasteiger partial charge in [-0.2, -0.15) is 0 Å². The van der Waals surface area contributed by atoms with Crippen LogP contribution >= 0.6 is 12.6 Å². The monoisotopic (exact) mass is 205 g/mol. The van der Waals surface area contributed by atoms with Crippen molar-refractivity contribution in [2.75, 3.05) is 5.73 Å². The Morgan fingerprint density at radius 1 is 1.29 bits per heavy atom. The summed E-state index contributed by atoms with van der Waals surface area (Å²) >= 11 is 4.23. The second kappa shape index (κ2) is 3.75. The minimum absolute atomic E-state index is 0.724. The highest BCUT2D eigenvalue weighted by Gasteiger charge is 1.98. The molecule has 3 nitrogen and oxygen atoms in total. The number of nitrogens with two attached hydrogens (primary N) is 1. The smallest absolute Gasteiger partial charge is 0.165 e. The topological polar surface area (TPSA) is 43.8 Å². The van der Waals surface area contributed by atoms with E-state index in [9.17, 15) is 0 Å². The second-order valence-electron chi connectivity index (χ2n) is 3.10. The first-order chi connectivity index (χ1) is 6.75. The third-order valence-corrected chi connectivity index (χ3v) is 2.40. The number of benzene rings is 1. The molecule has 4 heteroatoms. The molecule has 0 bridgehead atoms. The normalized spacial score (nSPS) is 10.4. The van der Waals surface area contributed by atoms with Gasteiger partial charge in [0.05, 0.1) is 0 Å². The molecule has 72 valence electrons. The Morgan fingerprint density at radius 2 is 2.00 bits per heavy atom. The van der Waals surface area contributed by atoms with Crippen molar-refractivity contribution in [3.63, 3.8) is 0 Å². The molecular formula is C10H11N3S. The van der Waals surface area contributed by atoms with Gasteiger partial charge < -0.3 is 10.3 Å². The predicted octanol–water partition coefficient (Wildman–Crippen LogP) is 1.80. The van der Waals surface area contributed by atoms with E-state index < -0.39 is 0 Å². The van der Waals surface area contributed by atoms with Crippen LogP contribution in [0.4, 0.5) is 5.69 Å². The van der Waals surface area contributed by atoms with Gasteiger partial charge in [-0.25, -0.2) is 4.98 Å². The Kier molecular flexibility index (Phi) is 2.45. The molecule has 2 rings (SSSR count). The fourth-order valence-corrected chi connectivity index (χ4v) is 1.47. The Morgan fingerprint density at radius 3 is 2.57 bits per heavy atom. The summed E-state index contributed by atoms with van der Waals surface area (Å²) in [5.74, 6) is 0. The average Bonchev–Trinajstić information content (AvgIpc) is 2.56. The molecule has 2 aromatic rings. The van der Waals surface area contributed by atoms with Gasteiger partial charge in [0.1, 0.15) is 0 Å². The summed E-state index contributed by atoms with van der Waals surface area (Å²) in [6, 6.07) is 7.79. The van der Waals surface area contributed by atoms with E-state index in [-0.39, 0.29) is 0 Å². The van der Waals surface area contributed by atoms with Crippen LogP contribution in [-0.4, -0.2) is 9.55 Å². The number of hydrogen-bond acceptors (Lipinski definition) is 3. The Bertz CT molecular complexity index is 419. The van der Waals surface area contributed by atoms with Crippen molar-refractivity contribution in [1.29, 1.82) is 0 Å². The quantitative estimate of drug-likeness (QED) is 0.580. The second-order valence-corrected chi connectivity index (χ2v) is 3.50. The number of aromatic nitrogens is 2. The standard InChI is InChI=1S/C10H11N3S/c11-9-3-1-8(2-4-9)7-13-6-5-12-10(13)14/h1-6H,7,11H2,(H,12,14). The van der Waals surface area contributed by atoms with Crippen molar-refractivity contribution in [1.82, 2.24) is 9.55 Å². The predicted molar refractivity (Wildman–Crippen MR) is 59.4 cm³/mol. The number of hydrogen-bond donors (Lipinski definition) is 2. The lowest BCUT2D eigenvalue weighted by Gasteiger charge is -2.04. The zero-order valence-corrected chi connectivity index (χ0v) is 8.48. The molecule has 0 fully saturated rings. The number of imidazole rings is 1. The van der Waals surface area contributed by atoms with E-state index in [1.54, 1.807) is 6.20 Å². The molecule has 0 atom stereocenters. The van der Waals surface area contributed by atoms with Gasteiger partial charge in [-0.05, 0) is 17.7 Å². The largest absolute Gasteiger partial charge is 0.399 e. The maximum Gasteiger partial charge on any atom is 0.165 e. The molecule has 0 spiro atoms. The van der Waals surface area contributed by atoms with Crippen LogP contribution in [0.5, 0.6) is 0 Å². The molecule has 1 aromatic heterocycles. The van der Waals surface area contributed by atoms with Crippen LogP contribution in [0.2, 0.25) is 0 Å². The molecule has 0 unspecified atom stereocenters. The molecule has 0 saturated heterocycles. The number of rotatable bonds is 2. The van der Waals surface area contributed by atoms with Crippen LogP contribution < -0.4 is 5.73 Å². The Labute approximate surface area is 88.0 Å². The Balaban J connectivity index is 2.19. The van der Waals surface area contributed by atoms with E-state index in [2.05, 4.69) is 17.6 Å². The van der Waals surface area contributed by atoms with Crippen molar-refractivity contribution in [2.45, 2.75) is 11.7 Å². The minimum Gasteiger partial charge on any atom is -0.399 e. The highest BCUT2D eigenvalue weighted by molar-refractivity contribution is 7.80. The molecular weight excluding hydrogens is 194 g/mol. The number of thiol groups is 1. The van der Waals surface area contributed by atoms with E-state index in [1.807, 2.05) is 35.0 Å². The lowest BCUT2D eigenvalue weighted by atomic mass is 10.2. The van der Waals surface area contributed by atoms with Crippen LogP contribution in [0.1, 0.15) is 5.56 Å². The lowest BCUT2D eigenvalue weighted by molar-refractivity contribution is 0.711. The number of nitrogen functional groups attached to an aromatic ring is 1. The molecule has 0 amide bonds. The summed E-state index contributed by atoms with van der Waals surface area (Å²) in [6.07, 6.45) is 3.64. The molecule has 0 saturated carbocycles. The van der Waals surface area contributed by atoms with Gasteiger partial charge in [-0.1, -0.05) is 12.1 Å².